The molecule has 160 valence electrons. The Balaban J connectivity index is 1.60. The van der Waals surface area contributed by atoms with Crippen LogP contribution < -0.4 is 15.4 Å². The van der Waals surface area contributed by atoms with Gasteiger partial charge >= 0.3 is 12.0 Å². The number of hydrogen-bond acceptors (Lipinski definition) is 8. The number of methoxy groups -OCH3 is 1. The number of esters is 1. The van der Waals surface area contributed by atoms with Gasteiger partial charge in [0.05, 0.1) is 13.7 Å². The van der Waals surface area contributed by atoms with E-state index in [0.29, 0.717) is 35.3 Å². The molecule has 1 aromatic heterocycles. The Morgan fingerprint density at radius 1 is 1.30 bits per heavy atom. The molecule has 2 N–H and O–H groups in total. The minimum absolute atomic E-state index is 0.238. The highest BCUT2D eigenvalue weighted by Crippen LogP contribution is 2.29. The number of ether oxygens (including phenoxy) is 2. The van der Waals surface area contributed by atoms with Gasteiger partial charge in [0, 0.05) is 12.1 Å². The van der Waals surface area contributed by atoms with E-state index < -0.39 is 18.0 Å². The molecule has 1 unspecified atom stereocenters. The van der Waals surface area contributed by atoms with E-state index in [1.54, 1.807) is 14.0 Å². The van der Waals surface area contributed by atoms with Crippen molar-refractivity contribution in [1.29, 1.82) is 0 Å². The Hall–Kier alpha value is -3.21. The van der Waals surface area contributed by atoms with Crippen LogP contribution in [-0.2, 0) is 14.3 Å². The van der Waals surface area contributed by atoms with Gasteiger partial charge in [0.15, 0.2) is 0 Å². The average molecular weight is 433 g/mol. The number of carbonyl (C=O) groups excluding carboxylic acids is 3. The highest BCUT2D eigenvalue weighted by Gasteiger charge is 2.34. The van der Waals surface area contributed by atoms with Crippen molar-refractivity contribution in [2.75, 3.05) is 32.1 Å². The van der Waals surface area contributed by atoms with Gasteiger partial charge in [0.25, 0.3) is 0 Å². The maximum absolute atomic E-state index is 12.7. The first-order valence-corrected chi connectivity index (χ1v) is 10.3. The monoisotopic (exact) mass is 433 g/mol. The molecule has 2 heterocycles. The van der Waals surface area contributed by atoms with E-state index in [9.17, 15) is 14.4 Å². The fraction of sp³-hybridized carbons (Fsp3) is 0.421. The van der Waals surface area contributed by atoms with Gasteiger partial charge in [0.1, 0.15) is 23.3 Å². The lowest BCUT2D eigenvalue weighted by Crippen LogP contribution is -2.48. The van der Waals surface area contributed by atoms with E-state index in [2.05, 4.69) is 20.8 Å². The van der Waals surface area contributed by atoms with Gasteiger partial charge in [-0.2, -0.15) is 0 Å². The second kappa shape index (κ2) is 10.0. The molecule has 0 aliphatic carbocycles. The zero-order valence-corrected chi connectivity index (χ0v) is 17.5. The van der Waals surface area contributed by atoms with Gasteiger partial charge in [-0.1, -0.05) is 23.5 Å². The number of amides is 3. The summed E-state index contributed by atoms with van der Waals surface area (Å²) in [6.45, 7) is 2.12. The number of urea groups is 1. The Morgan fingerprint density at radius 3 is 2.90 bits per heavy atom. The number of likely N-dealkylation sites (tertiary alicyclic amines) is 1. The van der Waals surface area contributed by atoms with Gasteiger partial charge < -0.3 is 19.7 Å². The summed E-state index contributed by atoms with van der Waals surface area (Å²) >= 11 is 1.23. The molecule has 1 aromatic carbocycles. The first-order valence-electron chi connectivity index (χ1n) is 9.50. The van der Waals surface area contributed by atoms with Gasteiger partial charge in [-0.05, 0) is 31.9 Å². The molecule has 1 aliphatic heterocycles. The molecule has 1 atom stereocenters. The van der Waals surface area contributed by atoms with Crippen molar-refractivity contribution in [2.45, 2.75) is 25.8 Å². The van der Waals surface area contributed by atoms with E-state index in [0.717, 1.165) is 5.56 Å². The predicted octanol–water partition coefficient (Wildman–Crippen LogP) is 1.89. The summed E-state index contributed by atoms with van der Waals surface area (Å²) in [7, 11) is 1.58. The molecule has 11 heteroatoms. The van der Waals surface area contributed by atoms with E-state index in [-0.39, 0.29) is 19.1 Å². The fourth-order valence-corrected chi connectivity index (χ4v) is 3.82. The number of nitrogens with one attached hydrogen (secondary N) is 2. The zero-order chi connectivity index (χ0) is 21.5. The molecular formula is C19H23N5O5S. The first-order chi connectivity index (χ1) is 14.5. The smallest absolute Gasteiger partial charge is 0.325 e. The maximum atomic E-state index is 12.7. The molecule has 2 aromatic rings. The minimum atomic E-state index is -0.642. The lowest BCUT2D eigenvalue weighted by Gasteiger charge is -2.23. The highest BCUT2D eigenvalue weighted by atomic mass is 32.1. The summed E-state index contributed by atoms with van der Waals surface area (Å²) in [5.41, 5.74) is 0.827. The van der Waals surface area contributed by atoms with Crippen molar-refractivity contribution in [3.05, 3.63) is 24.3 Å². The zero-order valence-electron chi connectivity index (χ0n) is 16.7. The van der Waals surface area contributed by atoms with Crippen LogP contribution in [0.1, 0.15) is 19.8 Å². The van der Waals surface area contributed by atoms with Crippen molar-refractivity contribution >= 4 is 34.4 Å². The summed E-state index contributed by atoms with van der Waals surface area (Å²) in [4.78, 5) is 37.9. The lowest BCUT2D eigenvalue weighted by molar-refractivity contribution is -0.141. The lowest BCUT2D eigenvalue weighted by atomic mass is 10.2. The van der Waals surface area contributed by atoms with Crippen LogP contribution in [0.2, 0.25) is 0 Å². The van der Waals surface area contributed by atoms with Crippen molar-refractivity contribution in [3.8, 4) is 16.3 Å². The van der Waals surface area contributed by atoms with Crippen molar-refractivity contribution in [2.24, 2.45) is 0 Å². The van der Waals surface area contributed by atoms with E-state index >= 15 is 0 Å². The number of benzene rings is 1. The molecule has 30 heavy (non-hydrogen) atoms. The molecule has 0 bridgehead atoms. The third-order valence-electron chi connectivity index (χ3n) is 4.48. The van der Waals surface area contributed by atoms with Crippen LogP contribution in [-0.4, -0.2) is 65.9 Å². The number of aromatic nitrogens is 2. The minimum Gasteiger partial charge on any atom is -0.497 e. The largest absolute Gasteiger partial charge is 0.497 e. The number of anilines is 1. The SMILES string of the molecule is CCOC(=O)CNC(=O)N1CCCC1C(=O)Nc1nnc(-c2cccc(OC)c2)s1. The second-order valence-corrected chi connectivity index (χ2v) is 7.43. The fourth-order valence-electron chi connectivity index (χ4n) is 3.08. The Kier molecular flexibility index (Phi) is 7.17. The molecular weight excluding hydrogens is 410 g/mol. The summed E-state index contributed by atoms with van der Waals surface area (Å²) in [6, 6.07) is 6.26. The second-order valence-electron chi connectivity index (χ2n) is 6.45. The van der Waals surface area contributed by atoms with Crippen LogP contribution in [0.5, 0.6) is 5.75 Å². The standard InChI is InChI=1S/C19H23N5O5S/c1-3-29-15(25)11-20-19(27)24-9-5-8-14(24)16(26)21-18-23-22-17(30-18)12-6-4-7-13(10-12)28-2/h4,6-7,10,14H,3,5,8-9,11H2,1-2H3,(H,20,27)(H,21,23,26). The molecule has 1 aliphatic rings. The Labute approximate surface area is 177 Å². The van der Waals surface area contributed by atoms with E-state index in [4.69, 9.17) is 9.47 Å². The van der Waals surface area contributed by atoms with Gasteiger partial charge in [0.2, 0.25) is 11.0 Å². The van der Waals surface area contributed by atoms with Crippen LogP contribution in [0, 0.1) is 0 Å². The molecule has 0 spiro atoms. The van der Waals surface area contributed by atoms with Gasteiger partial charge in [-0.15, -0.1) is 10.2 Å². The molecule has 3 rings (SSSR count). The van der Waals surface area contributed by atoms with E-state index in [1.807, 2.05) is 24.3 Å². The maximum Gasteiger partial charge on any atom is 0.325 e. The Morgan fingerprint density at radius 2 is 2.13 bits per heavy atom. The van der Waals surface area contributed by atoms with Crippen LogP contribution in [0.25, 0.3) is 10.6 Å². The molecule has 10 nitrogen and oxygen atoms in total. The molecule has 0 saturated carbocycles. The molecule has 0 radical (unpaired) electrons. The number of rotatable bonds is 7. The molecule has 1 saturated heterocycles. The number of hydrogen-bond donors (Lipinski definition) is 2. The average Bonchev–Trinajstić information content (AvgIpc) is 3.42. The number of nitrogens with zero attached hydrogens (tertiary/aromatic N) is 3. The third kappa shape index (κ3) is 5.23. The first kappa shape index (κ1) is 21.5. The Bertz CT molecular complexity index is 918. The molecule has 3 amide bonds. The van der Waals surface area contributed by atoms with Gasteiger partial charge in [-0.25, -0.2) is 4.79 Å². The van der Waals surface area contributed by atoms with E-state index in [1.165, 1.54) is 16.2 Å². The number of carbonyl (C=O) groups is 3. The van der Waals surface area contributed by atoms with Crippen LogP contribution in [0.4, 0.5) is 9.93 Å². The van der Waals surface area contributed by atoms with Gasteiger partial charge in [-0.3, -0.25) is 14.9 Å². The predicted molar refractivity (Wildman–Crippen MR) is 110 cm³/mol. The molecule has 1 fully saturated rings. The van der Waals surface area contributed by atoms with Crippen molar-refractivity contribution in [3.63, 3.8) is 0 Å². The normalized spacial score (nSPS) is 15.5. The van der Waals surface area contributed by atoms with Crippen LogP contribution >= 0.6 is 11.3 Å². The van der Waals surface area contributed by atoms with Crippen molar-refractivity contribution in [1.82, 2.24) is 20.4 Å². The topological polar surface area (TPSA) is 123 Å². The summed E-state index contributed by atoms with van der Waals surface area (Å²) in [5.74, 6) is -0.166. The summed E-state index contributed by atoms with van der Waals surface area (Å²) in [5, 5.41) is 14.3. The summed E-state index contributed by atoms with van der Waals surface area (Å²) in [6.07, 6.45) is 1.22. The van der Waals surface area contributed by atoms with Crippen molar-refractivity contribution < 1.29 is 23.9 Å². The summed E-state index contributed by atoms with van der Waals surface area (Å²) < 4.78 is 10.0. The quantitative estimate of drug-likeness (QED) is 0.639. The van der Waals surface area contributed by atoms with Crippen LogP contribution in [0.3, 0.4) is 0 Å². The van der Waals surface area contributed by atoms with Crippen LogP contribution in [0.15, 0.2) is 24.3 Å². The third-order valence-corrected chi connectivity index (χ3v) is 5.37. The highest BCUT2D eigenvalue weighted by molar-refractivity contribution is 7.18.